The fourth-order valence-electron chi connectivity index (χ4n) is 1.67. The first-order valence-electron chi connectivity index (χ1n) is 4.60. The molecule has 0 atom stereocenters. The molecule has 2 nitrogen and oxygen atoms in total. The van der Waals surface area contributed by atoms with E-state index in [-0.39, 0.29) is 0 Å². The largest absolute Gasteiger partial charge is 0.478 e. The van der Waals surface area contributed by atoms with Gasteiger partial charge in [-0.3, -0.25) is 0 Å². The van der Waals surface area contributed by atoms with Crippen molar-refractivity contribution in [3.05, 3.63) is 41.0 Å². The highest BCUT2D eigenvalue weighted by molar-refractivity contribution is 5.90. The molecule has 1 N–H and O–H groups in total. The normalized spacial score (nSPS) is 9.86. The molecule has 0 aliphatic carbocycles. The van der Waals surface area contributed by atoms with Crippen molar-refractivity contribution < 1.29 is 9.90 Å². The minimum Gasteiger partial charge on any atom is -0.478 e. The summed E-state index contributed by atoms with van der Waals surface area (Å²) in [6.45, 7) is 7.57. The molecular formula is C12H14O2. The summed E-state index contributed by atoms with van der Waals surface area (Å²) in [6.07, 6.45) is 2.59. The maximum Gasteiger partial charge on any atom is 0.335 e. The van der Waals surface area contributed by atoms with E-state index in [1.807, 2.05) is 19.9 Å². The second-order valence-electron chi connectivity index (χ2n) is 3.17. The van der Waals surface area contributed by atoms with Crippen LogP contribution in [0.15, 0.2) is 18.7 Å². The maximum absolute atomic E-state index is 10.9. The van der Waals surface area contributed by atoms with Crippen molar-refractivity contribution in [2.45, 2.75) is 20.3 Å². The first-order valence-corrected chi connectivity index (χ1v) is 4.60. The van der Waals surface area contributed by atoms with Gasteiger partial charge in [-0.2, -0.15) is 0 Å². The van der Waals surface area contributed by atoms with Gasteiger partial charge in [0.2, 0.25) is 0 Å². The Hall–Kier alpha value is -1.57. The molecule has 14 heavy (non-hydrogen) atoms. The second-order valence-corrected chi connectivity index (χ2v) is 3.17. The number of carboxylic acids is 1. The summed E-state index contributed by atoms with van der Waals surface area (Å²) in [5, 5.41) is 8.92. The van der Waals surface area contributed by atoms with E-state index in [1.165, 1.54) is 0 Å². The summed E-state index contributed by atoms with van der Waals surface area (Å²) in [5.74, 6) is -0.868. The van der Waals surface area contributed by atoms with Gasteiger partial charge in [0, 0.05) is 0 Å². The molecule has 0 heterocycles. The van der Waals surface area contributed by atoms with E-state index >= 15 is 0 Å². The summed E-state index contributed by atoms with van der Waals surface area (Å²) in [7, 11) is 0. The average Bonchev–Trinajstić information content (AvgIpc) is 2.16. The zero-order valence-corrected chi connectivity index (χ0v) is 8.50. The quantitative estimate of drug-likeness (QED) is 0.795. The van der Waals surface area contributed by atoms with Crippen LogP contribution in [0.25, 0.3) is 6.08 Å². The highest BCUT2D eigenvalue weighted by Crippen LogP contribution is 2.20. The van der Waals surface area contributed by atoms with Crippen molar-refractivity contribution in [3.8, 4) is 0 Å². The van der Waals surface area contributed by atoms with E-state index in [4.69, 9.17) is 5.11 Å². The summed E-state index contributed by atoms with van der Waals surface area (Å²) >= 11 is 0. The summed E-state index contributed by atoms with van der Waals surface area (Å²) < 4.78 is 0. The molecule has 0 amide bonds. The second kappa shape index (κ2) is 4.09. The molecule has 0 unspecified atom stereocenters. The Morgan fingerprint density at radius 1 is 1.57 bits per heavy atom. The van der Waals surface area contributed by atoms with Gasteiger partial charge in [-0.15, -0.1) is 0 Å². The Kier molecular flexibility index (Phi) is 3.07. The van der Waals surface area contributed by atoms with Crippen LogP contribution in [0, 0.1) is 6.92 Å². The maximum atomic E-state index is 10.9. The molecule has 0 aliphatic heterocycles. The molecule has 2 heteroatoms. The molecule has 0 spiro atoms. The van der Waals surface area contributed by atoms with Crippen LogP contribution in [0.3, 0.4) is 0 Å². The van der Waals surface area contributed by atoms with Gasteiger partial charge < -0.3 is 5.11 Å². The van der Waals surface area contributed by atoms with E-state index < -0.39 is 5.97 Å². The SMILES string of the molecule is C=Cc1ccc(C(=O)O)c(C)c1CC. The Morgan fingerprint density at radius 3 is 2.64 bits per heavy atom. The Morgan fingerprint density at radius 2 is 2.21 bits per heavy atom. The lowest BCUT2D eigenvalue weighted by atomic mass is 9.95. The fraction of sp³-hybridized carbons (Fsp3) is 0.250. The van der Waals surface area contributed by atoms with Crippen LogP contribution >= 0.6 is 0 Å². The van der Waals surface area contributed by atoms with E-state index in [9.17, 15) is 4.79 Å². The average molecular weight is 190 g/mol. The van der Waals surface area contributed by atoms with Crippen LogP contribution in [0.4, 0.5) is 0 Å². The fourth-order valence-corrected chi connectivity index (χ4v) is 1.67. The number of carbonyl (C=O) groups is 1. The molecule has 0 radical (unpaired) electrons. The van der Waals surface area contributed by atoms with E-state index in [1.54, 1.807) is 12.1 Å². The molecule has 0 aromatic heterocycles. The van der Waals surface area contributed by atoms with Crippen molar-refractivity contribution in [1.29, 1.82) is 0 Å². The summed E-state index contributed by atoms with van der Waals surface area (Å²) in [4.78, 5) is 10.9. The predicted molar refractivity (Wildman–Crippen MR) is 57.6 cm³/mol. The third-order valence-electron chi connectivity index (χ3n) is 2.44. The topological polar surface area (TPSA) is 37.3 Å². The molecule has 0 bridgehead atoms. The minimum atomic E-state index is -0.868. The van der Waals surface area contributed by atoms with Gasteiger partial charge in [0.05, 0.1) is 5.56 Å². The van der Waals surface area contributed by atoms with Crippen molar-refractivity contribution in [3.63, 3.8) is 0 Å². The van der Waals surface area contributed by atoms with Crippen LogP contribution in [0.2, 0.25) is 0 Å². The van der Waals surface area contributed by atoms with Crippen LogP contribution in [-0.4, -0.2) is 11.1 Å². The van der Waals surface area contributed by atoms with Crippen LogP contribution < -0.4 is 0 Å². The van der Waals surface area contributed by atoms with Crippen molar-refractivity contribution in [2.24, 2.45) is 0 Å². The zero-order valence-electron chi connectivity index (χ0n) is 8.50. The third-order valence-corrected chi connectivity index (χ3v) is 2.44. The highest BCUT2D eigenvalue weighted by Gasteiger charge is 2.11. The standard InChI is InChI=1S/C12H14O2/c1-4-9-6-7-11(12(13)14)8(3)10(9)5-2/h4,6-7H,1,5H2,2-3H3,(H,13,14). The minimum absolute atomic E-state index is 0.382. The number of rotatable bonds is 3. The van der Waals surface area contributed by atoms with Crippen molar-refractivity contribution in [1.82, 2.24) is 0 Å². The molecule has 0 fully saturated rings. The van der Waals surface area contributed by atoms with Gasteiger partial charge in [0.1, 0.15) is 0 Å². The molecule has 1 aromatic rings. The first-order chi connectivity index (χ1) is 6.61. The Balaban J connectivity index is 3.42. The molecule has 0 aliphatic rings. The van der Waals surface area contributed by atoms with E-state index in [0.29, 0.717) is 5.56 Å². The van der Waals surface area contributed by atoms with Gasteiger partial charge >= 0.3 is 5.97 Å². The summed E-state index contributed by atoms with van der Waals surface area (Å²) in [6, 6.07) is 3.44. The number of carboxylic acid groups (broad SMARTS) is 1. The lowest BCUT2D eigenvalue weighted by molar-refractivity contribution is 0.0696. The molecule has 74 valence electrons. The van der Waals surface area contributed by atoms with Crippen molar-refractivity contribution in [2.75, 3.05) is 0 Å². The van der Waals surface area contributed by atoms with Crippen LogP contribution in [0.5, 0.6) is 0 Å². The van der Waals surface area contributed by atoms with E-state index in [2.05, 4.69) is 6.58 Å². The molecule has 0 saturated heterocycles. The van der Waals surface area contributed by atoms with Gasteiger partial charge in [-0.05, 0) is 36.1 Å². The predicted octanol–water partition coefficient (Wildman–Crippen LogP) is 2.90. The number of hydrogen-bond donors (Lipinski definition) is 1. The smallest absolute Gasteiger partial charge is 0.335 e. The van der Waals surface area contributed by atoms with E-state index in [0.717, 1.165) is 23.1 Å². The van der Waals surface area contributed by atoms with Gasteiger partial charge in [-0.25, -0.2) is 4.79 Å². The van der Waals surface area contributed by atoms with Gasteiger partial charge in [-0.1, -0.05) is 25.6 Å². The molecular weight excluding hydrogens is 176 g/mol. The van der Waals surface area contributed by atoms with Gasteiger partial charge in [0.25, 0.3) is 0 Å². The number of benzene rings is 1. The Bertz CT molecular complexity index is 378. The number of hydrogen-bond acceptors (Lipinski definition) is 1. The molecule has 1 rings (SSSR count). The lowest BCUT2D eigenvalue weighted by Gasteiger charge is -2.10. The third kappa shape index (κ3) is 1.69. The van der Waals surface area contributed by atoms with Crippen LogP contribution in [0.1, 0.15) is 34.0 Å². The zero-order chi connectivity index (χ0) is 10.7. The summed E-state index contributed by atoms with van der Waals surface area (Å²) in [5.41, 5.74) is 3.32. The molecule has 0 saturated carbocycles. The monoisotopic (exact) mass is 190 g/mol. The van der Waals surface area contributed by atoms with Crippen LogP contribution in [-0.2, 0) is 6.42 Å². The number of aromatic carboxylic acids is 1. The highest BCUT2D eigenvalue weighted by atomic mass is 16.4. The lowest BCUT2D eigenvalue weighted by Crippen LogP contribution is -2.03. The van der Waals surface area contributed by atoms with Gasteiger partial charge in [0.15, 0.2) is 0 Å². The Labute approximate surface area is 83.9 Å². The molecule has 1 aromatic carbocycles. The first kappa shape index (κ1) is 10.5. The van der Waals surface area contributed by atoms with Crippen molar-refractivity contribution >= 4 is 12.0 Å².